The third-order valence-corrected chi connectivity index (χ3v) is 6.73. The lowest BCUT2D eigenvalue weighted by Crippen LogP contribution is -2.43. The summed E-state index contributed by atoms with van der Waals surface area (Å²) < 4.78 is 31.5. The topological polar surface area (TPSA) is 92.8 Å². The summed E-state index contributed by atoms with van der Waals surface area (Å²) in [5, 5.41) is 2.82. The molecule has 1 heterocycles. The van der Waals surface area contributed by atoms with Gasteiger partial charge in [0.2, 0.25) is 5.91 Å². The molecular weight excluding hydrogens is 356 g/mol. The second-order valence-corrected chi connectivity index (χ2v) is 8.35. The zero-order valence-electron chi connectivity index (χ0n) is 14.8. The second-order valence-electron chi connectivity index (χ2n) is 6.55. The van der Waals surface area contributed by atoms with E-state index in [4.69, 9.17) is 4.74 Å². The Kier molecular flexibility index (Phi) is 5.04. The Morgan fingerprint density at radius 3 is 2.42 bits per heavy atom. The number of carbonyl (C=O) groups excluding carboxylic acids is 2. The highest BCUT2D eigenvalue weighted by molar-refractivity contribution is 7.99. The molecule has 3 rings (SSSR count). The number of rotatable bonds is 5. The van der Waals surface area contributed by atoms with Crippen LogP contribution in [0.4, 0.5) is 0 Å². The molecule has 26 heavy (non-hydrogen) atoms. The molecule has 2 aliphatic rings. The Balaban J connectivity index is 1.82. The van der Waals surface area contributed by atoms with Crippen molar-refractivity contribution in [2.24, 2.45) is 0 Å². The number of ether oxygens (including phenoxy) is 1. The van der Waals surface area contributed by atoms with Gasteiger partial charge in [-0.1, -0.05) is 12.8 Å². The summed E-state index contributed by atoms with van der Waals surface area (Å²) in [7, 11) is -2.55. The molecule has 0 bridgehead atoms. The molecule has 0 atom stereocenters. The number of amides is 2. The van der Waals surface area contributed by atoms with Gasteiger partial charge in [-0.25, -0.2) is 12.7 Å². The number of nitrogens with zero attached hydrogens (tertiary/aromatic N) is 1. The lowest BCUT2D eigenvalue weighted by Gasteiger charge is -2.18. The molecule has 0 aromatic heterocycles. The third kappa shape index (κ3) is 3.33. The standard InChI is InChI=1S/C18H22N2O5S/c1-12-17(13-7-9-15(25-2)10-8-13)26(23,24)20(18(12)22)11-16(21)19-14-5-3-4-6-14/h7-10,14H,3-6,11H2,1-2H3,(H,19,21). The fourth-order valence-corrected chi connectivity index (χ4v) is 5.21. The van der Waals surface area contributed by atoms with E-state index in [2.05, 4.69) is 5.32 Å². The molecule has 0 unspecified atom stereocenters. The average Bonchev–Trinajstić information content (AvgIpc) is 3.17. The molecule has 0 saturated heterocycles. The van der Waals surface area contributed by atoms with Gasteiger partial charge < -0.3 is 10.1 Å². The molecule has 0 radical (unpaired) electrons. The Morgan fingerprint density at radius 2 is 1.85 bits per heavy atom. The van der Waals surface area contributed by atoms with Crippen molar-refractivity contribution in [3.63, 3.8) is 0 Å². The van der Waals surface area contributed by atoms with Gasteiger partial charge >= 0.3 is 0 Å². The highest BCUT2D eigenvalue weighted by Crippen LogP contribution is 2.35. The van der Waals surface area contributed by atoms with E-state index in [0.29, 0.717) is 15.6 Å². The molecule has 0 spiro atoms. The van der Waals surface area contributed by atoms with Crippen molar-refractivity contribution >= 4 is 26.7 Å². The van der Waals surface area contributed by atoms with Crippen molar-refractivity contribution in [1.29, 1.82) is 0 Å². The molecule has 1 aromatic rings. The van der Waals surface area contributed by atoms with Crippen LogP contribution in [0.5, 0.6) is 5.75 Å². The van der Waals surface area contributed by atoms with Crippen LogP contribution in [0.1, 0.15) is 38.2 Å². The highest BCUT2D eigenvalue weighted by atomic mass is 32.2. The normalized spacial score (nSPS) is 19.9. The van der Waals surface area contributed by atoms with Gasteiger partial charge in [-0.2, -0.15) is 0 Å². The molecule has 2 amide bonds. The van der Waals surface area contributed by atoms with E-state index in [-0.39, 0.29) is 16.5 Å². The molecule has 1 aliphatic carbocycles. The summed E-state index contributed by atoms with van der Waals surface area (Å²) in [6.07, 6.45) is 3.88. The van der Waals surface area contributed by atoms with Crippen molar-refractivity contribution in [2.75, 3.05) is 13.7 Å². The van der Waals surface area contributed by atoms with E-state index in [1.54, 1.807) is 24.3 Å². The van der Waals surface area contributed by atoms with Crippen LogP contribution >= 0.6 is 0 Å². The first-order chi connectivity index (χ1) is 12.3. The summed E-state index contributed by atoms with van der Waals surface area (Å²) in [6, 6.07) is 6.50. The first-order valence-corrected chi connectivity index (χ1v) is 10.0. The van der Waals surface area contributed by atoms with E-state index in [0.717, 1.165) is 25.7 Å². The number of benzene rings is 1. The number of hydrogen-bond acceptors (Lipinski definition) is 5. The Bertz CT molecular complexity index is 852. The zero-order chi connectivity index (χ0) is 18.9. The predicted octanol–water partition coefficient (Wildman–Crippen LogP) is 1.66. The van der Waals surface area contributed by atoms with Crippen molar-refractivity contribution in [3.8, 4) is 5.75 Å². The summed E-state index contributed by atoms with van der Waals surface area (Å²) >= 11 is 0. The summed E-state index contributed by atoms with van der Waals surface area (Å²) in [6.45, 7) is 0.975. The molecule has 1 saturated carbocycles. The Labute approximate surface area is 153 Å². The number of nitrogens with one attached hydrogen (secondary N) is 1. The van der Waals surface area contributed by atoms with Crippen molar-refractivity contribution in [2.45, 2.75) is 38.6 Å². The number of sulfonamides is 1. The average molecular weight is 378 g/mol. The minimum Gasteiger partial charge on any atom is -0.497 e. The lowest BCUT2D eigenvalue weighted by molar-refractivity contribution is -0.128. The lowest BCUT2D eigenvalue weighted by atomic mass is 10.1. The van der Waals surface area contributed by atoms with Gasteiger partial charge in [0.1, 0.15) is 17.2 Å². The SMILES string of the molecule is COc1ccc(C2=C(C)C(=O)N(CC(=O)NC3CCCC3)S2(=O)=O)cc1. The molecule has 1 N–H and O–H groups in total. The Hall–Kier alpha value is -2.35. The fraction of sp³-hybridized carbons (Fsp3) is 0.444. The Morgan fingerprint density at radius 1 is 1.23 bits per heavy atom. The molecule has 1 aliphatic heterocycles. The number of carbonyl (C=O) groups is 2. The van der Waals surface area contributed by atoms with Crippen LogP contribution in [-0.4, -0.2) is 44.2 Å². The maximum atomic E-state index is 12.9. The van der Waals surface area contributed by atoms with Crippen LogP contribution in [0.15, 0.2) is 29.8 Å². The molecule has 140 valence electrons. The smallest absolute Gasteiger partial charge is 0.268 e. The molecule has 8 heteroatoms. The van der Waals surface area contributed by atoms with Crippen molar-refractivity contribution in [3.05, 3.63) is 35.4 Å². The monoisotopic (exact) mass is 378 g/mol. The van der Waals surface area contributed by atoms with Crippen molar-refractivity contribution < 1.29 is 22.7 Å². The highest BCUT2D eigenvalue weighted by Gasteiger charge is 2.43. The maximum Gasteiger partial charge on any atom is 0.268 e. The fourth-order valence-electron chi connectivity index (χ4n) is 3.44. The van der Waals surface area contributed by atoms with E-state index >= 15 is 0 Å². The number of methoxy groups -OCH3 is 1. The van der Waals surface area contributed by atoms with Crippen LogP contribution in [0, 0.1) is 0 Å². The van der Waals surface area contributed by atoms with Crippen LogP contribution in [0.2, 0.25) is 0 Å². The van der Waals surface area contributed by atoms with E-state index in [1.165, 1.54) is 14.0 Å². The van der Waals surface area contributed by atoms with Gasteiger partial charge in [0.05, 0.1) is 7.11 Å². The first-order valence-electron chi connectivity index (χ1n) is 8.56. The predicted molar refractivity (Wildman–Crippen MR) is 96.6 cm³/mol. The van der Waals surface area contributed by atoms with Gasteiger partial charge in [0.25, 0.3) is 15.9 Å². The molecular formula is C18H22N2O5S. The summed E-state index contributed by atoms with van der Waals surface area (Å²) in [5.74, 6) is -0.517. The van der Waals surface area contributed by atoms with E-state index < -0.39 is 28.4 Å². The summed E-state index contributed by atoms with van der Waals surface area (Å²) in [5.41, 5.74) is 0.513. The van der Waals surface area contributed by atoms with Crippen molar-refractivity contribution in [1.82, 2.24) is 9.62 Å². The van der Waals surface area contributed by atoms with Gasteiger partial charge in [-0.3, -0.25) is 9.59 Å². The van der Waals surface area contributed by atoms with Gasteiger partial charge in [0, 0.05) is 11.6 Å². The molecule has 7 nitrogen and oxygen atoms in total. The first kappa shape index (κ1) is 18.4. The van der Waals surface area contributed by atoms with Gasteiger partial charge in [-0.15, -0.1) is 0 Å². The third-order valence-electron chi connectivity index (χ3n) is 4.80. The molecule has 1 fully saturated rings. The minimum absolute atomic E-state index is 0.0566. The zero-order valence-corrected chi connectivity index (χ0v) is 15.6. The van der Waals surface area contributed by atoms with Crippen LogP contribution in [0.25, 0.3) is 4.91 Å². The van der Waals surface area contributed by atoms with E-state index in [1.807, 2.05) is 0 Å². The van der Waals surface area contributed by atoms with Gasteiger partial charge in [-0.05, 0) is 49.6 Å². The van der Waals surface area contributed by atoms with Crippen LogP contribution < -0.4 is 10.1 Å². The van der Waals surface area contributed by atoms with Crippen LogP contribution in [0.3, 0.4) is 0 Å². The molecule has 1 aromatic carbocycles. The van der Waals surface area contributed by atoms with E-state index in [9.17, 15) is 18.0 Å². The van der Waals surface area contributed by atoms with Gasteiger partial charge in [0.15, 0.2) is 0 Å². The maximum absolute atomic E-state index is 12.9. The van der Waals surface area contributed by atoms with Crippen LogP contribution in [-0.2, 0) is 19.6 Å². The minimum atomic E-state index is -4.07. The summed E-state index contributed by atoms with van der Waals surface area (Å²) in [4.78, 5) is 24.6. The number of hydrogen-bond donors (Lipinski definition) is 1. The quantitative estimate of drug-likeness (QED) is 0.841. The largest absolute Gasteiger partial charge is 0.497 e. The second kappa shape index (κ2) is 7.11.